The SMILES string of the molecule is C=CCN=C=S.Cc1ccc(SOOO)cc1.S=C=NCCc1ccccc1.S=C=NCc1ccccc1. The van der Waals surface area contributed by atoms with E-state index in [-0.39, 0.29) is 0 Å². The molecular formula is C28H29N3O3S4. The summed E-state index contributed by atoms with van der Waals surface area (Å²) in [5.74, 6) is 0. The summed E-state index contributed by atoms with van der Waals surface area (Å²) in [4.78, 5) is 12.1. The lowest BCUT2D eigenvalue weighted by atomic mass is 10.2. The highest BCUT2D eigenvalue weighted by molar-refractivity contribution is 7.94. The third-order valence-corrected chi connectivity index (χ3v) is 5.04. The molecule has 3 aromatic carbocycles. The Bertz CT molecular complexity index is 1140. The molecule has 0 spiro atoms. The molecule has 1 N–H and O–H groups in total. The van der Waals surface area contributed by atoms with Crippen LogP contribution >= 0.6 is 48.7 Å². The zero-order chi connectivity index (χ0) is 28.1. The Hall–Kier alpha value is -2.97. The van der Waals surface area contributed by atoms with E-state index in [9.17, 15) is 0 Å². The topological polar surface area (TPSA) is 75.8 Å². The molecule has 0 bridgehead atoms. The van der Waals surface area contributed by atoms with Crippen LogP contribution in [0.15, 0.2) is 117 Å². The van der Waals surface area contributed by atoms with Crippen molar-refractivity contribution in [2.45, 2.75) is 24.8 Å². The number of rotatable bonds is 10. The summed E-state index contributed by atoms with van der Waals surface area (Å²) in [6.45, 7) is 7.39. The van der Waals surface area contributed by atoms with Gasteiger partial charge in [0.05, 0.1) is 47.2 Å². The fourth-order valence-electron chi connectivity index (χ4n) is 2.33. The molecule has 0 fully saturated rings. The van der Waals surface area contributed by atoms with E-state index < -0.39 is 0 Å². The first kappa shape index (κ1) is 35.0. The number of hydrogen-bond acceptors (Lipinski definition) is 10. The Morgan fingerprint density at radius 1 is 0.816 bits per heavy atom. The van der Waals surface area contributed by atoms with Crippen LogP contribution in [0.1, 0.15) is 16.7 Å². The van der Waals surface area contributed by atoms with Crippen LogP contribution in [-0.4, -0.2) is 33.8 Å². The van der Waals surface area contributed by atoms with Crippen LogP contribution in [-0.2, 0) is 22.3 Å². The predicted octanol–water partition coefficient (Wildman–Crippen LogP) is 8.32. The molecule has 0 radical (unpaired) electrons. The fourth-order valence-corrected chi connectivity index (χ4v) is 2.92. The first-order chi connectivity index (χ1) is 18.6. The second-order valence-electron chi connectivity index (χ2n) is 6.86. The average Bonchev–Trinajstić information content (AvgIpc) is 2.97. The van der Waals surface area contributed by atoms with E-state index >= 15 is 0 Å². The van der Waals surface area contributed by atoms with Crippen LogP contribution in [0, 0.1) is 6.92 Å². The van der Waals surface area contributed by atoms with Crippen molar-refractivity contribution in [3.05, 3.63) is 114 Å². The van der Waals surface area contributed by atoms with Crippen LogP contribution in [0.2, 0.25) is 0 Å². The molecule has 0 saturated carbocycles. The number of aliphatic imine (C=N–C) groups is 3. The van der Waals surface area contributed by atoms with Crippen LogP contribution < -0.4 is 0 Å². The quantitative estimate of drug-likeness (QED) is 0.0642. The minimum atomic E-state index is 0.587. The lowest BCUT2D eigenvalue weighted by molar-refractivity contribution is -0.432. The Balaban J connectivity index is 0.000000491. The van der Waals surface area contributed by atoms with Gasteiger partial charge in [0.1, 0.15) is 0 Å². The standard InChI is InChI=1S/C9H9NS.C8H7NS.C7H8O3S.C4H5NS/c11-8-10-7-6-9-4-2-1-3-5-9;10-7-9-6-8-4-2-1-3-5-8;1-6-2-4-7(5-3-6)11-10-9-8;1-2-3-5-4-6/h1-5H,6-7H2;1-5H,6H2;2-5,8H,1H3;2H,1,3H2. The molecule has 0 aliphatic carbocycles. The maximum absolute atomic E-state index is 7.84. The number of aryl methyl sites for hydroxylation is 1. The van der Waals surface area contributed by atoms with Gasteiger partial charge >= 0.3 is 0 Å². The van der Waals surface area contributed by atoms with Crippen molar-refractivity contribution in [2.75, 3.05) is 13.1 Å². The third-order valence-electron chi connectivity index (χ3n) is 4.06. The zero-order valence-corrected chi connectivity index (χ0v) is 24.2. The van der Waals surface area contributed by atoms with E-state index in [1.165, 1.54) is 16.7 Å². The minimum absolute atomic E-state index is 0.587. The van der Waals surface area contributed by atoms with E-state index in [1.807, 2.05) is 79.7 Å². The number of benzene rings is 3. The lowest BCUT2D eigenvalue weighted by Gasteiger charge is -1.96. The number of hydrogen-bond donors (Lipinski definition) is 1. The number of isothiocyanates is 3. The van der Waals surface area contributed by atoms with E-state index in [0.29, 0.717) is 13.1 Å². The molecule has 0 aliphatic rings. The molecule has 198 valence electrons. The minimum Gasteiger partial charge on any atom is -0.232 e. The van der Waals surface area contributed by atoms with Gasteiger partial charge in [0.2, 0.25) is 0 Å². The van der Waals surface area contributed by atoms with Gasteiger partial charge in [-0.05, 0) is 73.3 Å². The maximum atomic E-state index is 7.84. The summed E-state index contributed by atoms with van der Waals surface area (Å²) < 4.78 is 4.23. The average molecular weight is 584 g/mol. The molecule has 0 unspecified atom stereocenters. The highest BCUT2D eigenvalue weighted by Gasteiger charge is 1.93. The van der Waals surface area contributed by atoms with E-state index in [2.05, 4.69) is 95.2 Å². The molecule has 0 heterocycles. The largest absolute Gasteiger partial charge is 0.232 e. The van der Waals surface area contributed by atoms with Crippen molar-refractivity contribution in [3.63, 3.8) is 0 Å². The first-order valence-electron chi connectivity index (χ1n) is 11.1. The van der Waals surface area contributed by atoms with Gasteiger partial charge in [-0.2, -0.15) is 0 Å². The second-order valence-corrected chi connectivity index (χ2v) is 8.18. The summed E-state index contributed by atoms with van der Waals surface area (Å²) in [5.41, 5.74) is 3.64. The maximum Gasteiger partial charge on any atom is 0.0743 e. The van der Waals surface area contributed by atoms with Gasteiger partial charge in [0.15, 0.2) is 0 Å². The van der Waals surface area contributed by atoms with Gasteiger partial charge in [0, 0.05) is 4.90 Å². The fraction of sp³-hybridized carbons (Fsp3) is 0.179. The third kappa shape index (κ3) is 22.2. The lowest BCUT2D eigenvalue weighted by Crippen LogP contribution is -1.87. The monoisotopic (exact) mass is 583 g/mol. The molecule has 6 nitrogen and oxygen atoms in total. The van der Waals surface area contributed by atoms with E-state index in [0.717, 1.165) is 29.9 Å². The van der Waals surface area contributed by atoms with Gasteiger partial charge in [-0.1, -0.05) is 89.5 Å². The molecule has 3 aromatic rings. The summed E-state index contributed by atoms with van der Waals surface area (Å²) in [5, 5.41) is 18.2. The Labute approximate surface area is 244 Å². The highest BCUT2D eigenvalue weighted by atomic mass is 32.2. The van der Waals surface area contributed by atoms with Crippen molar-refractivity contribution >= 4 is 64.2 Å². The Kier molecular flexibility index (Phi) is 25.0. The van der Waals surface area contributed by atoms with Crippen LogP contribution in [0.3, 0.4) is 0 Å². The molecule has 0 atom stereocenters. The van der Waals surface area contributed by atoms with E-state index in [1.54, 1.807) is 6.08 Å². The first-order valence-corrected chi connectivity index (χ1v) is 13.1. The Morgan fingerprint density at radius 2 is 1.37 bits per heavy atom. The molecular weight excluding hydrogens is 555 g/mol. The molecule has 3 rings (SSSR count). The van der Waals surface area contributed by atoms with Gasteiger partial charge in [0.25, 0.3) is 0 Å². The molecule has 38 heavy (non-hydrogen) atoms. The highest BCUT2D eigenvalue weighted by Crippen LogP contribution is 2.18. The molecule has 0 aliphatic heterocycles. The summed E-state index contributed by atoms with van der Waals surface area (Å²) in [7, 11) is 0. The smallest absolute Gasteiger partial charge is 0.0743 e. The van der Waals surface area contributed by atoms with Crippen molar-refractivity contribution in [1.82, 2.24) is 0 Å². The van der Waals surface area contributed by atoms with Crippen LogP contribution in [0.4, 0.5) is 0 Å². The molecule has 10 heteroatoms. The Morgan fingerprint density at radius 3 is 1.84 bits per heavy atom. The normalized spacial score (nSPS) is 8.58. The summed E-state index contributed by atoms with van der Waals surface area (Å²) in [6, 6.07) is 27.8. The predicted molar refractivity (Wildman–Crippen MR) is 167 cm³/mol. The molecule has 0 saturated heterocycles. The number of nitrogens with zero attached hydrogens (tertiary/aromatic N) is 3. The van der Waals surface area contributed by atoms with Crippen LogP contribution in [0.25, 0.3) is 0 Å². The molecule has 0 amide bonds. The summed E-state index contributed by atoms with van der Waals surface area (Å²) in [6.07, 6.45) is 2.61. The van der Waals surface area contributed by atoms with Gasteiger partial charge < -0.3 is 0 Å². The van der Waals surface area contributed by atoms with Crippen molar-refractivity contribution in [1.29, 1.82) is 0 Å². The summed E-state index contributed by atoms with van der Waals surface area (Å²) >= 11 is 14.1. The second kappa shape index (κ2) is 27.1. The van der Waals surface area contributed by atoms with Gasteiger partial charge in [-0.3, -0.25) is 0 Å². The van der Waals surface area contributed by atoms with Gasteiger partial charge in [-0.25, -0.2) is 20.2 Å². The van der Waals surface area contributed by atoms with Crippen LogP contribution in [0.5, 0.6) is 0 Å². The van der Waals surface area contributed by atoms with Crippen molar-refractivity contribution in [2.24, 2.45) is 15.0 Å². The number of thiocarbonyl (C=S) groups is 3. The van der Waals surface area contributed by atoms with E-state index in [4.69, 9.17) is 5.26 Å². The van der Waals surface area contributed by atoms with Crippen molar-refractivity contribution in [3.8, 4) is 0 Å². The van der Waals surface area contributed by atoms with Crippen molar-refractivity contribution < 1.29 is 14.6 Å². The molecule has 0 aromatic heterocycles. The van der Waals surface area contributed by atoms with Gasteiger partial charge in [-0.15, -0.1) is 10.9 Å². The zero-order valence-electron chi connectivity index (χ0n) is 20.9.